The minimum Gasteiger partial charge on any atom is -0.385 e. The molecule has 0 amide bonds. The van der Waals surface area contributed by atoms with Crippen molar-refractivity contribution >= 4 is 5.69 Å². The molecule has 2 heterocycles. The van der Waals surface area contributed by atoms with E-state index >= 15 is 0 Å². The van der Waals surface area contributed by atoms with Crippen molar-refractivity contribution in [3.05, 3.63) is 42.2 Å². The second-order valence-corrected chi connectivity index (χ2v) is 4.09. The molecule has 0 unspecified atom stereocenters. The van der Waals surface area contributed by atoms with Crippen molar-refractivity contribution in [2.24, 2.45) is 7.05 Å². The van der Waals surface area contributed by atoms with E-state index in [1.54, 1.807) is 0 Å². The lowest BCUT2D eigenvalue weighted by molar-refractivity contribution is 0.811. The number of imidazole rings is 1. The Bertz CT molecular complexity index is 476. The number of hydrogen-bond donors (Lipinski definition) is 1. The molecule has 0 bridgehead atoms. The molecule has 0 aliphatic heterocycles. The Hall–Kier alpha value is -1.84. The highest BCUT2D eigenvalue weighted by atomic mass is 15.0. The van der Waals surface area contributed by atoms with E-state index in [0.717, 1.165) is 36.6 Å². The lowest BCUT2D eigenvalue weighted by Gasteiger charge is -2.06. The van der Waals surface area contributed by atoms with Crippen LogP contribution in [0.2, 0.25) is 0 Å². The SMILES string of the molecule is CCCNc1ccnc(Cc2nccn2C)c1. The molecule has 0 aromatic carbocycles. The van der Waals surface area contributed by atoms with E-state index in [-0.39, 0.29) is 0 Å². The van der Waals surface area contributed by atoms with E-state index in [1.807, 2.05) is 36.3 Å². The summed E-state index contributed by atoms with van der Waals surface area (Å²) in [7, 11) is 2.00. The predicted octanol–water partition coefficient (Wildman–Crippen LogP) is 2.23. The van der Waals surface area contributed by atoms with E-state index < -0.39 is 0 Å². The van der Waals surface area contributed by atoms with E-state index in [0.29, 0.717) is 0 Å². The minimum atomic E-state index is 0.769. The molecule has 0 fully saturated rings. The Morgan fingerprint density at radius 2 is 2.18 bits per heavy atom. The minimum absolute atomic E-state index is 0.769. The molecular formula is C13H18N4. The second kappa shape index (κ2) is 5.48. The number of anilines is 1. The van der Waals surface area contributed by atoms with Gasteiger partial charge in [-0.05, 0) is 18.6 Å². The van der Waals surface area contributed by atoms with Gasteiger partial charge in [0.1, 0.15) is 5.82 Å². The molecule has 0 aliphatic rings. The molecule has 0 radical (unpaired) electrons. The van der Waals surface area contributed by atoms with Gasteiger partial charge in [-0.2, -0.15) is 0 Å². The van der Waals surface area contributed by atoms with Crippen LogP contribution >= 0.6 is 0 Å². The molecule has 0 saturated carbocycles. The average Bonchev–Trinajstić information content (AvgIpc) is 2.73. The average molecular weight is 230 g/mol. The highest BCUT2D eigenvalue weighted by Crippen LogP contribution is 2.11. The molecule has 0 saturated heterocycles. The third-order valence-electron chi connectivity index (χ3n) is 2.66. The maximum absolute atomic E-state index is 4.37. The number of nitrogens with zero attached hydrogens (tertiary/aromatic N) is 3. The van der Waals surface area contributed by atoms with Crippen LogP contribution in [0.3, 0.4) is 0 Å². The van der Waals surface area contributed by atoms with Crippen molar-refractivity contribution in [2.45, 2.75) is 19.8 Å². The number of pyridine rings is 1. The standard InChI is InChI=1S/C13H18N4/c1-3-5-14-11-4-6-15-12(9-11)10-13-16-7-8-17(13)2/h4,6-9H,3,5,10H2,1-2H3,(H,14,15). The first-order chi connectivity index (χ1) is 8.29. The molecule has 2 aromatic heterocycles. The van der Waals surface area contributed by atoms with Gasteiger partial charge in [-0.15, -0.1) is 0 Å². The molecule has 90 valence electrons. The summed E-state index contributed by atoms with van der Waals surface area (Å²) in [4.78, 5) is 8.68. The Morgan fingerprint density at radius 1 is 1.29 bits per heavy atom. The number of nitrogens with one attached hydrogen (secondary N) is 1. The van der Waals surface area contributed by atoms with E-state index in [1.165, 1.54) is 0 Å². The summed E-state index contributed by atoms with van der Waals surface area (Å²) in [6, 6.07) is 4.09. The first-order valence-corrected chi connectivity index (χ1v) is 5.94. The maximum atomic E-state index is 4.37. The molecule has 2 aromatic rings. The predicted molar refractivity (Wildman–Crippen MR) is 69.0 cm³/mol. The Balaban J connectivity index is 2.08. The zero-order valence-corrected chi connectivity index (χ0v) is 10.3. The molecule has 4 heteroatoms. The molecule has 4 nitrogen and oxygen atoms in total. The van der Waals surface area contributed by atoms with Gasteiger partial charge in [0.2, 0.25) is 0 Å². The molecule has 0 aliphatic carbocycles. The number of aryl methyl sites for hydroxylation is 1. The van der Waals surface area contributed by atoms with Crippen LogP contribution in [-0.4, -0.2) is 21.1 Å². The van der Waals surface area contributed by atoms with Crippen molar-refractivity contribution in [1.82, 2.24) is 14.5 Å². The highest BCUT2D eigenvalue weighted by Gasteiger charge is 2.03. The van der Waals surface area contributed by atoms with Crippen LogP contribution in [0, 0.1) is 0 Å². The normalized spacial score (nSPS) is 10.5. The summed E-state index contributed by atoms with van der Waals surface area (Å²) < 4.78 is 2.02. The first kappa shape index (κ1) is 11.6. The summed E-state index contributed by atoms with van der Waals surface area (Å²) in [5.41, 5.74) is 2.17. The largest absolute Gasteiger partial charge is 0.385 e. The summed E-state index contributed by atoms with van der Waals surface area (Å²) >= 11 is 0. The molecule has 17 heavy (non-hydrogen) atoms. The van der Waals surface area contributed by atoms with Crippen LogP contribution in [0.25, 0.3) is 0 Å². The molecule has 1 N–H and O–H groups in total. The molecular weight excluding hydrogens is 212 g/mol. The highest BCUT2D eigenvalue weighted by molar-refractivity contribution is 5.43. The van der Waals surface area contributed by atoms with Crippen LogP contribution < -0.4 is 5.32 Å². The van der Waals surface area contributed by atoms with Gasteiger partial charge >= 0.3 is 0 Å². The van der Waals surface area contributed by atoms with Crippen LogP contribution in [0.15, 0.2) is 30.7 Å². The molecule has 0 spiro atoms. The van der Waals surface area contributed by atoms with Gasteiger partial charge < -0.3 is 9.88 Å². The summed E-state index contributed by atoms with van der Waals surface area (Å²) in [5, 5.41) is 3.36. The van der Waals surface area contributed by atoms with Crippen molar-refractivity contribution in [1.29, 1.82) is 0 Å². The lowest BCUT2D eigenvalue weighted by atomic mass is 10.2. The van der Waals surface area contributed by atoms with E-state index in [2.05, 4.69) is 28.3 Å². The number of aromatic nitrogens is 3. The van der Waals surface area contributed by atoms with Gasteiger partial charge in [-0.25, -0.2) is 4.98 Å². The first-order valence-electron chi connectivity index (χ1n) is 5.94. The number of rotatable bonds is 5. The van der Waals surface area contributed by atoms with Crippen molar-refractivity contribution in [3.63, 3.8) is 0 Å². The van der Waals surface area contributed by atoms with Gasteiger partial charge in [0.25, 0.3) is 0 Å². The maximum Gasteiger partial charge on any atom is 0.114 e. The zero-order valence-electron chi connectivity index (χ0n) is 10.3. The lowest BCUT2D eigenvalue weighted by Crippen LogP contribution is -2.03. The van der Waals surface area contributed by atoms with Gasteiger partial charge in [-0.1, -0.05) is 6.92 Å². The Labute approximate surface area is 102 Å². The summed E-state index contributed by atoms with van der Waals surface area (Å²) in [6.07, 6.45) is 7.50. The van der Waals surface area contributed by atoms with Crippen LogP contribution in [-0.2, 0) is 13.5 Å². The van der Waals surface area contributed by atoms with E-state index in [4.69, 9.17) is 0 Å². The molecule has 0 atom stereocenters. The van der Waals surface area contributed by atoms with Gasteiger partial charge in [0.05, 0.1) is 0 Å². The van der Waals surface area contributed by atoms with Crippen molar-refractivity contribution in [3.8, 4) is 0 Å². The quantitative estimate of drug-likeness (QED) is 0.856. The fraction of sp³-hybridized carbons (Fsp3) is 0.385. The third kappa shape index (κ3) is 3.06. The third-order valence-corrected chi connectivity index (χ3v) is 2.66. The van der Waals surface area contributed by atoms with Gasteiger partial charge in [0, 0.05) is 50.0 Å². The topological polar surface area (TPSA) is 42.7 Å². The smallest absolute Gasteiger partial charge is 0.114 e. The van der Waals surface area contributed by atoms with E-state index in [9.17, 15) is 0 Å². The van der Waals surface area contributed by atoms with Crippen molar-refractivity contribution in [2.75, 3.05) is 11.9 Å². The van der Waals surface area contributed by atoms with Crippen molar-refractivity contribution < 1.29 is 0 Å². The number of hydrogen-bond acceptors (Lipinski definition) is 3. The van der Waals surface area contributed by atoms with Crippen LogP contribution in [0.1, 0.15) is 24.9 Å². The fourth-order valence-electron chi connectivity index (χ4n) is 1.68. The Kier molecular flexibility index (Phi) is 3.75. The monoisotopic (exact) mass is 230 g/mol. The van der Waals surface area contributed by atoms with Crippen LogP contribution in [0.4, 0.5) is 5.69 Å². The zero-order chi connectivity index (χ0) is 12.1. The van der Waals surface area contributed by atoms with Gasteiger partial charge in [0.15, 0.2) is 0 Å². The molecule has 2 rings (SSSR count). The Morgan fingerprint density at radius 3 is 2.88 bits per heavy atom. The summed E-state index contributed by atoms with van der Waals surface area (Å²) in [6.45, 7) is 3.15. The summed E-state index contributed by atoms with van der Waals surface area (Å²) in [5.74, 6) is 1.03. The van der Waals surface area contributed by atoms with Gasteiger partial charge in [-0.3, -0.25) is 4.98 Å². The van der Waals surface area contributed by atoms with Crippen LogP contribution in [0.5, 0.6) is 0 Å². The fourth-order valence-corrected chi connectivity index (χ4v) is 1.68. The second-order valence-electron chi connectivity index (χ2n) is 4.09.